The standard InChI is InChI=1S/C11H16BrNO/c1-7(2)8-3-4-9(10(12)5-8)11(13)6-14/h3-5,7,11,14H,6,13H2,1-2H3. The Hall–Kier alpha value is -0.380. The number of aliphatic hydroxyl groups is 1. The number of aliphatic hydroxyl groups excluding tert-OH is 1. The second-order valence-electron chi connectivity index (χ2n) is 3.72. The zero-order valence-electron chi connectivity index (χ0n) is 8.50. The molecule has 0 aliphatic heterocycles. The fourth-order valence-electron chi connectivity index (χ4n) is 1.30. The van der Waals surface area contributed by atoms with Gasteiger partial charge in [0.15, 0.2) is 0 Å². The quantitative estimate of drug-likeness (QED) is 0.875. The molecule has 14 heavy (non-hydrogen) atoms. The predicted molar refractivity (Wildman–Crippen MR) is 62.2 cm³/mol. The Morgan fingerprint density at radius 2 is 2.07 bits per heavy atom. The number of rotatable bonds is 3. The van der Waals surface area contributed by atoms with E-state index in [4.69, 9.17) is 10.8 Å². The summed E-state index contributed by atoms with van der Waals surface area (Å²) in [6.07, 6.45) is 0. The van der Waals surface area contributed by atoms with E-state index in [0.29, 0.717) is 5.92 Å². The summed E-state index contributed by atoms with van der Waals surface area (Å²) in [5.41, 5.74) is 7.97. The van der Waals surface area contributed by atoms with Gasteiger partial charge in [0.05, 0.1) is 12.6 Å². The first-order valence-electron chi connectivity index (χ1n) is 4.72. The highest BCUT2D eigenvalue weighted by Gasteiger charge is 2.09. The molecule has 0 spiro atoms. The Morgan fingerprint density at radius 3 is 2.50 bits per heavy atom. The van der Waals surface area contributed by atoms with Crippen molar-refractivity contribution in [1.29, 1.82) is 0 Å². The molecule has 0 heterocycles. The van der Waals surface area contributed by atoms with Gasteiger partial charge in [0, 0.05) is 4.47 Å². The minimum Gasteiger partial charge on any atom is -0.394 e. The lowest BCUT2D eigenvalue weighted by Gasteiger charge is -2.13. The van der Waals surface area contributed by atoms with Crippen LogP contribution in [0.4, 0.5) is 0 Å². The summed E-state index contributed by atoms with van der Waals surface area (Å²) in [6, 6.07) is 5.79. The van der Waals surface area contributed by atoms with Gasteiger partial charge in [-0.15, -0.1) is 0 Å². The van der Waals surface area contributed by atoms with Gasteiger partial charge < -0.3 is 10.8 Å². The van der Waals surface area contributed by atoms with Crippen molar-refractivity contribution in [3.05, 3.63) is 33.8 Å². The molecular weight excluding hydrogens is 242 g/mol. The van der Waals surface area contributed by atoms with Gasteiger partial charge in [-0.2, -0.15) is 0 Å². The Labute approximate surface area is 93.3 Å². The third-order valence-electron chi connectivity index (χ3n) is 2.29. The van der Waals surface area contributed by atoms with E-state index in [1.54, 1.807) is 0 Å². The highest BCUT2D eigenvalue weighted by molar-refractivity contribution is 9.10. The van der Waals surface area contributed by atoms with Crippen molar-refractivity contribution in [2.75, 3.05) is 6.61 Å². The van der Waals surface area contributed by atoms with E-state index in [0.717, 1.165) is 10.0 Å². The average Bonchev–Trinajstić information content (AvgIpc) is 2.16. The normalized spacial score (nSPS) is 13.3. The van der Waals surface area contributed by atoms with Crippen LogP contribution in [0.25, 0.3) is 0 Å². The smallest absolute Gasteiger partial charge is 0.0624 e. The molecule has 3 N–H and O–H groups in total. The molecule has 3 heteroatoms. The molecule has 0 fully saturated rings. The summed E-state index contributed by atoms with van der Waals surface area (Å²) < 4.78 is 0.977. The van der Waals surface area contributed by atoms with Crippen LogP contribution in [0.2, 0.25) is 0 Å². The van der Waals surface area contributed by atoms with Gasteiger partial charge >= 0.3 is 0 Å². The molecule has 0 saturated heterocycles. The van der Waals surface area contributed by atoms with Crippen LogP contribution in [0.3, 0.4) is 0 Å². The number of hydrogen-bond donors (Lipinski definition) is 2. The van der Waals surface area contributed by atoms with E-state index >= 15 is 0 Å². The van der Waals surface area contributed by atoms with E-state index in [-0.39, 0.29) is 12.6 Å². The fourth-order valence-corrected chi connectivity index (χ4v) is 1.99. The average molecular weight is 258 g/mol. The number of nitrogens with two attached hydrogens (primary N) is 1. The van der Waals surface area contributed by atoms with E-state index in [1.807, 2.05) is 6.07 Å². The SMILES string of the molecule is CC(C)c1ccc(C(N)CO)c(Br)c1. The molecule has 78 valence electrons. The van der Waals surface area contributed by atoms with E-state index in [1.165, 1.54) is 5.56 Å². The Bertz CT molecular complexity index is 312. The van der Waals surface area contributed by atoms with E-state index < -0.39 is 0 Å². The number of benzene rings is 1. The van der Waals surface area contributed by atoms with Crippen LogP contribution in [-0.4, -0.2) is 11.7 Å². The lowest BCUT2D eigenvalue weighted by molar-refractivity contribution is 0.267. The Kier molecular flexibility index (Phi) is 4.11. The summed E-state index contributed by atoms with van der Waals surface area (Å²) in [7, 11) is 0. The molecule has 1 aromatic carbocycles. The summed E-state index contributed by atoms with van der Waals surface area (Å²) in [6.45, 7) is 4.26. The second-order valence-corrected chi connectivity index (χ2v) is 4.58. The molecule has 0 saturated carbocycles. The molecular formula is C11H16BrNO. The molecule has 2 nitrogen and oxygen atoms in total. The van der Waals surface area contributed by atoms with Gasteiger partial charge in [0.2, 0.25) is 0 Å². The molecule has 1 unspecified atom stereocenters. The first-order valence-corrected chi connectivity index (χ1v) is 5.51. The molecule has 0 aromatic heterocycles. The van der Waals surface area contributed by atoms with Crippen molar-refractivity contribution in [3.8, 4) is 0 Å². The van der Waals surface area contributed by atoms with Crippen molar-refractivity contribution >= 4 is 15.9 Å². The monoisotopic (exact) mass is 257 g/mol. The largest absolute Gasteiger partial charge is 0.394 e. The molecule has 0 amide bonds. The summed E-state index contributed by atoms with van der Waals surface area (Å²) >= 11 is 3.47. The third-order valence-corrected chi connectivity index (χ3v) is 2.97. The Morgan fingerprint density at radius 1 is 1.43 bits per heavy atom. The molecule has 1 aromatic rings. The molecule has 0 aliphatic rings. The van der Waals surface area contributed by atoms with Crippen molar-refractivity contribution in [1.82, 2.24) is 0 Å². The maximum atomic E-state index is 8.95. The van der Waals surface area contributed by atoms with Gasteiger partial charge in [0.25, 0.3) is 0 Å². The van der Waals surface area contributed by atoms with Crippen molar-refractivity contribution < 1.29 is 5.11 Å². The number of hydrogen-bond acceptors (Lipinski definition) is 2. The van der Waals surface area contributed by atoms with Crippen LogP contribution in [0.1, 0.15) is 36.9 Å². The minimum atomic E-state index is -0.300. The lowest BCUT2D eigenvalue weighted by Crippen LogP contribution is -2.15. The van der Waals surface area contributed by atoms with Crippen LogP contribution in [0, 0.1) is 0 Å². The van der Waals surface area contributed by atoms with Gasteiger partial charge in [-0.05, 0) is 23.1 Å². The number of halogens is 1. The predicted octanol–water partition coefficient (Wildman–Crippen LogP) is 2.56. The van der Waals surface area contributed by atoms with Gasteiger partial charge in [0.1, 0.15) is 0 Å². The van der Waals surface area contributed by atoms with E-state index in [2.05, 4.69) is 41.9 Å². The minimum absolute atomic E-state index is 0.0281. The van der Waals surface area contributed by atoms with Crippen LogP contribution in [0.5, 0.6) is 0 Å². The highest BCUT2D eigenvalue weighted by Crippen LogP contribution is 2.26. The Balaban J connectivity index is 3.01. The van der Waals surface area contributed by atoms with Crippen LogP contribution in [-0.2, 0) is 0 Å². The van der Waals surface area contributed by atoms with Crippen molar-refractivity contribution in [3.63, 3.8) is 0 Å². The van der Waals surface area contributed by atoms with Crippen LogP contribution in [0.15, 0.2) is 22.7 Å². The molecule has 0 radical (unpaired) electrons. The van der Waals surface area contributed by atoms with Gasteiger partial charge in [-0.25, -0.2) is 0 Å². The first-order chi connectivity index (χ1) is 6.56. The summed E-state index contributed by atoms with van der Waals surface area (Å²) in [5.74, 6) is 0.505. The lowest BCUT2D eigenvalue weighted by atomic mass is 9.99. The van der Waals surface area contributed by atoms with Gasteiger partial charge in [-0.1, -0.05) is 41.9 Å². The molecule has 0 aliphatic carbocycles. The maximum absolute atomic E-state index is 8.95. The van der Waals surface area contributed by atoms with Gasteiger partial charge in [-0.3, -0.25) is 0 Å². The highest BCUT2D eigenvalue weighted by atomic mass is 79.9. The first kappa shape index (κ1) is 11.7. The summed E-state index contributed by atoms with van der Waals surface area (Å²) in [5, 5.41) is 8.95. The topological polar surface area (TPSA) is 46.2 Å². The fraction of sp³-hybridized carbons (Fsp3) is 0.455. The van der Waals surface area contributed by atoms with E-state index in [9.17, 15) is 0 Å². The van der Waals surface area contributed by atoms with Crippen LogP contribution >= 0.6 is 15.9 Å². The molecule has 1 rings (SSSR count). The molecule has 0 bridgehead atoms. The van der Waals surface area contributed by atoms with Crippen molar-refractivity contribution in [2.45, 2.75) is 25.8 Å². The summed E-state index contributed by atoms with van der Waals surface area (Å²) in [4.78, 5) is 0. The maximum Gasteiger partial charge on any atom is 0.0624 e. The van der Waals surface area contributed by atoms with Crippen molar-refractivity contribution in [2.24, 2.45) is 5.73 Å². The molecule has 1 atom stereocenters. The van der Waals surface area contributed by atoms with Crippen LogP contribution < -0.4 is 5.73 Å². The third kappa shape index (κ3) is 2.56. The zero-order valence-corrected chi connectivity index (χ0v) is 10.1. The zero-order chi connectivity index (χ0) is 10.7. The second kappa shape index (κ2) is 4.91.